The van der Waals surface area contributed by atoms with Crippen LogP contribution in [0.4, 0.5) is 9.59 Å². The number of hydrogen-bond donors (Lipinski definition) is 4. The average molecular weight is 941 g/mol. The zero-order valence-electron chi connectivity index (χ0n) is 41.0. The summed E-state index contributed by atoms with van der Waals surface area (Å²) in [5.74, 6) is 1.82. The van der Waals surface area contributed by atoms with Crippen LogP contribution in [0.5, 0.6) is 0 Å². The second kappa shape index (κ2) is 17.1. The van der Waals surface area contributed by atoms with Crippen molar-refractivity contribution >= 4 is 18.2 Å². The van der Waals surface area contributed by atoms with Gasteiger partial charge in [-0.25, -0.2) is 14.4 Å². The van der Waals surface area contributed by atoms with Crippen molar-refractivity contribution in [2.75, 3.05) is 19.7 Å². The molecule has 4 N–H and O–H groups in total. The number of allylic oxidation sites excluding steroid dienone is 4. The molecule has 2 spiro atoms. The first-order chi connectivity index (χ1) is 32.6. The number of aliphatic hydroxyl groups excluding tert-OH is 2. The van der Waals surface area contributed by atoms with Crippen molar-refractivity contribution in [3.05, 3.63) is 58.7 Å². The molecule has 3 saturated heterocycles. The number of nitrogens with one attached hydrogen (secondary N) is 2. The fourth-order valence-corrected chi connectivity index (χ4v) is 15.9. The maximum atomic E-state index is 13.6. The number of carbonyl (C=O) groups is 3. The molecular formula is C55H76N2O11. The molecule has 7 aliphatic carbocycles. The van der Waals surface area contributed by atoms with E-state index in [4.69, 9.17) is 28.4 Å². The number of aliphatic hydroxyl groups is 2. The van der Waals surface area contributed by atoms with Gasteiger partial charge in [-0.3, -0.25) is 0 Å². The lowest BCUT2D eigenvalue weighted by Crippen LogP contribution is -2.70. The highest BCUT2D eigenvalue weighted by atomic mass is 16.8. The third-order valence-electron chi connectivity index (χ3n) is 19.8. The van der Waals surface area contributed by atoms with Gasteiger partial charge in [0.25, 0.3) is 0 Å². The lowest BCUT2D eigenvalue weighted by molar-refractivity contribution is -0.136. The Labute approximate surface area is 402 Å². The molecule has 0 bridgehead atoms. The number of esters is 1. The summed E-state index contributed by atoms with van der Waals surface area (Å²) in [7, 11) is 0. The molecule has 372 valence electrons. The van der Waals surface area contributed by atoms with Crippen LogP contribution in [-0.4, -0.2) is 108 Å². The Morgan fingerprint density at radius 1 is 0.882 bits per heavy atom. The van der Waals surface area contributed by atoms with Gasteiger partial charge in [0.15, 0.2) is 11.7 Å². The molecule has 11 rings (SSSR count). The predicted molar refractivity (Wildman–Crippen MR) is 252 cm³/mol. The summed E-state index contributed by atoms with van der Waals surface area (Å²) in [5, 5.41) is 26.6. The standard InChI is InChI=1S/C55H76N2O11/c1-30(2)53-45(67-53)46-55(68-46)52(6)23-21-37-38(29-63-47(37)60)41(52)28-44-54(55,66-44)48(53)65-50(62)57-25-10-8-7-9-24-56-49(61)64-43(34-15-16-34)20-13-31(3)39-18-19-40-33(12-11-22-51(39,40)5)14-17-35-26-36(58)27-42(59)32(35)4/h13-14,17,20,30-31,34,36,39-46,48,58-59H,4,7-12,15-16,18-19,21-29H2,1-3,5-6H3,(H,56,61)(H,57,62)/b20-13+,33-14+,35-17-/t31-,36+,39?,40?,41-,42-,43?,44-,45-,46-,48+,51+,52-,53-,54+,55+/m0/s1. The van der Waals surface area contributed by atoms with Crippen LogP contribution in [0, 0.1) is 46.3 Å². The van der Waals surface area contributed by atoms with Crippen LogP contribution in [0.25, 0.3) is 0 Å². The quantitative estimate of drug-likeness (QED) is 0.0408. The number of cyclic esters (lactones) is 1. The van der Waals surface area contributed by atoms with Crippen molar-refractivity contribution in [3.63, 3.8) is 0 Å². The molecule has 3 unspecified atom stereocenters. The van der Waals surface area contributed by atoms with Gasteiger partial charge >= 0.3 is 18.2 Å². The number of hydrogen-bond acceptors (Lipinski definition) is 11. The minimum Gasteiger partial charge on any atom is -0.458 e. The molecule has 11 aliphatic rings. The fourth-order valence-electron chi connectivity index (χ4n) is 15.9. The second-order valence-electron chi connectivity index (χ2n) is 23.7. The van der Waals surface area contributed by atoms with Crippen LogP contribution < -0.4 is 10.6 Å². The molecule has 9 fully saturated rings. The molecule has 13 heteroatoms. The van der Waals surface area contributed by atoms with Gasteiger partial charge in [0, 0.05) is 30.5 Å². The Balaban J connectivity index is 0.619. The van der Waals surface area contributed by atoms with Crippen LogP contribution in [0.2, 0.25) is 0 Å². The number of unbranched alkanes of at least 4 members (excludes halogenated alkanes) is 3. The molecule has 0 aromatic carbocycles. The van der Waals surface area contributed by atoms with Crippen molar-refractivity contribution in [1.82, 2.24) is 10.6 Å². The Morgan fingerprint density at radius 2 is 1.65 bits per heavy atom. The third kappa shape index (κ3) is 7.26. The van der Waals surface area contributed by atoms with Gasteiger partial charge in [0.05, 0.1) is 18.3 Å². The Hall–Kier alpha value is -3.49. The lowest BCUT2D eigenvalue weighted by atomic mass is 9.46. The highest BCUT2D eigenvalue weighted by molar-refractivity contribution is 5.92. The van der Waals surface area contributed by atoms with E-state index in [0.717, 1.165) is 86.5 Å². The number of rotatable bonds is 15. The molecule has 0 aromatic heterocycles. The van der Waals surface area contributed by atoms with Crippen molar-refractivity contribution in [1.29, 1.82) is 0 Å². The van der Waals surface area contributed by atoms with Crippen LogP contribution in [-0.2, 0) is 33.2 Å². The van der Waals surface area contributed by atoms with Crippen molar-refractivity contribution < 1.29 is 53.0 Å². The summed E-state index contributed by atoms with van der Waals surface area (Å²) in [6.45, 7) is 16.8. The van der Waals surface area contributed by atoms with Crippen LogP contribution >= 0.6 is 0 Å². The van der Waals surface area contributed by atoms with Gasteiger partial charge in [0.2, 0.25) is 0 Å². The van der Waals surface area contributed by atoms with E-state index in [0.29, 0.717) is 62.6 Å². The van der Waals surface area contributed by atoms with Gasteiger partial charge in [-0.05, 0) is 147 Å². The number of fused-ring (bicyclic) bond motifs is 5. The van der Waals surface area contributed by atoms with Gasteiger partial charge in [-0.15, -0.1) is 0 Å². The zero-order valence-corrected chi connectivity index (χ0v) is 41.0. The van der Waals surface area contributed by atoms with Gasteiger partial charge in [0.1, 0.15) is 36.1 Å². The minimum absolute atomic E-state index is 0.0885. The van der Waals surface area contributed by atoms with Crippen molar-refractivity contribution in [3.8, 4) is 0 Å². The summed E-state index contributed by atoms with van der Waals surface area (Å²) in [6, 6.07) is 0. The van der Waals surface area contributed by atoms with E-state index in [-0.39, 0.29) is 59.1 Å². The Kier molecular flexibility index (Phi) is 11.8. The number of ether oxygens (including phenoxy) is 6. The maximum Gasteiger partial charge on any atom is 0.407 e. The first kappa shape index (κ1) is 46.9. The van der Waals surface area contributed by atoms with Crippen molar-refractivity contribution in [2.24, 2.45) is 46.3 Å². The average Bonchev–Trinajstić information content (AvgIpc) is 4.14. The number of epoxide rings is 3. The lowest BCUT2D eigenvalue weighted by Gasteiger charge is -2.53. The van der Waals surface area contributed by atoms with Gasteiger partial charge in [-0.2, -0.15) is 0 Å². The Bertz CT molecular complexity index is 2210. The van der Waals surface area contributed by atoms with Crippen LogP contribution in [0.3, 0.4) is 0 Å². The van der Waals surface area contributed by atoms with E-state index in [9.17, 15) is 24.6 Å². The second-order valence-corrected chi connectivity index (χ2v) is 23.7. The molecule has 2 amide bonds. The van der Waals surface area contributed by atoms with E-state index in [1.54, 1.807) is 0 Å². The molecule has 0 aromatic rings. The molecule has 4 aliphatic heterocycles. The largest absolute Gasteiger partial charge is 0.458 e. The first-order valence-corrected chi connectivity index (χ1v) is 26.5. The Morgan fingerprint density at radius 3 is 2.40 bits per heavy atom. The summed E-state index contributed by atoms with van der Waals surface area (Å²) < 4.78 is 38.1. The summed E-state index contributed by atoms with van der Waals surface area (Å²) in [6.07, 6.45) is 20.0. The van der Waals surface area contributed by atoms with E-state index in [2.05, 4.69) is 76.1 Å². The highest BCUT2D eigenvalue weighted by Gasteiger charge is 3.01. The molecule has 6 saturated carbocycles. The monoisotopic (exact) mass is 941 g/mol. The molecule has 0 radical (unpaired) electrons. The third-order valence-corrected chi connectivity index (χ3v) is 19.8. The number of carbonyl (C=O) groups excluding carboxylic acids is 3. The van der Waals surface area contributed by atoms with Crippen molar-refractivity contribution in [2.45, 2.75) is 197 Å². The molecular weight excluding hydrogens is 865 g/mol. The fraction of sp³-hybridized carbons (Fsp3) is 0.764. The summed E-state index contributed by atoms with van der Waals surface area (Å²) in [4.78, 5) is 39.1. The van der Waals surface area contributed by atoms with E-state index >= 15 is 0 Å². The van der Waals surface area contributed by atoms with Crippen LogP contribution in [0.15, 0.2) is 58.7 Å². The topological polar surface area (TPSA) is 181 Å². The highest BCUT2D eigenvalue weighted by Crippen LogP contribution is 2.83. The van der Waals surface area contributed by atoms with E-state index < -0.39 is 41.2 Å². The zero-order chi connectivity index (χ0) is 47.5. The predicted octanol–water partition coefficient (Wildman–Crippen LogP) is 8.24. The minimum atomic E-state index is -0.776. The number of amides is 2. The molecule has 4 heterocycles. The smallest absolute Gasteiger partial charge is 0.407 e. The first-order valence-electron chi connectivity index (χ1n) is 26.5. The van der Waals surface area contributed by atoms with Gasteiger partial charge in [-0.1, -0.05) is 77.8 Å². The van der Waals surface area contributed by atoms with Crippen LogP contribution in [0.1, 0.15) is 137 Å². The molecule has 16 atom stereocenters. The SMILES string of the molecule is C=C1/C(=C\C=C2/CCC[C@@]3(C)C2CCC3[C@@H](C)/C=C/C(OC(=O)NCCCCCCNC(=O)O[C@@H]2[C@@]3(C(C)C)O[C@H]3[C@@H]3O[C@]34[C@]23O[C@H]3C[C@H]2C3=C(CC[C@@]24C)C(=O)OC3)C2CC2)C[C@@H](O)C[C@@H]1O. The van der Waals surface area contributed by atoms with Gasteiger partial charge < -0.3 is 49.3 Å². The normalized spacial score (nSPS) is 44.7. The number of alkyl carbamates (subject to hydrolysis) is 2. The van der Waals surface area contributed by atoms with E-state index in [1.807, 2.05) is 0 Å². The van der Waals surface area contributed by atoms with E-state index in [1.165, 1.54) is 24.8 Å². The molecule has 68 heavy (non-hydrogen) atoms. The summed E-state index contributed by atoms with van der Waals surface area (Å²) >= 11 is 0. The summed E-state index contributed by atoms with van der Waals surface area (Å²) in [5.41, 5.74) is 2.96. The maximum absolute atomic E-state index is 13.6. The molecule has 13 nitrogen and oxygen atoms in total.